The Bertz CT molecular complexity index is 403. The maximum absolute atomic E-state index is 14.0. The molecule has 0 radical (unpaired) electrons. The molecule has 2 rings (SSSR count). The van der Waals surface area contributed by atoms with Gasteiger partial charge in [-0.15, -0.1) is 0 Å². The lowest BCUT2D eigenvalue weighted by Crippen LogP contribution is -2.32. The van der Waals surface area contributed by atoms with Crippen LogP contribution in [0.5, 0.6) is 0 Å². The van der Waals surface area contributed by atoms with E-state index in [0.29, 0.717) is 11.5 Å². The Balaban J connectivity index is 2.30. The highest BCUT2D eigenvalue weighted by molar-refractivity contribution is 5.29. The summed E-state index contributed by atoms with van der Waals surface area (Å²) >= 11 is 0. The Labute approximate surface area is 101 Å². The van der Waals surface area contributed by atoms with Gasteiger partial charge in [0.05, 0.1) is 0 Å². The molecule has 0 aromatic heterocycles. The summed E-state index contributed by atoms with van der Waals surface area (Å²) in [6.07, 6.45) is 3.00. The first kappa shape index (κ1) is 12.5. The van der Waals surface area contributed by atoms with E-state index in [4.69, 9.17) is 0 Å². The minimum Gasteiger partial charge on any atom is -0.310 e. The van der Waals surface area contributed by atoms with E-state index >= 15 is 0 Å². The fourth-order valence-electron chi connectivity index (χ4n) is 2.58. The molecule has 0 bridgehead atoms. The first-order chi connectivity index (χ1) is 8.13. The molecule has 94 valence electrons. The number of benzene rings is 1. The third-order valence-corrected chi connectivity index (χ3v) is 3.76. The number of aryl methyl sites for hydroxylation is 1. The van der Waals surface area contributed by atoms with E-state index in [9.17, 15) is 8.78 Å². The molecule has 1 aromatic carbocycles. The lowest BCUT2D eigenvalue weighted by molar-refractivity contribution is 0.288. The summed E-state index contributed by atoms with van der Waals surface area (Å²) < 4.78 is 27.8. The molecular formula is C14H19F2N. The summed E-state index contributed by atoms with van der Waals surface area (Å²) in [7, 11) is 0. The van der Waals surface area contributed by atoms with Gasteiger partial charge in [0.25, 0.3) is 0 Å². The molecule has 1 saturated heterocycles. The van der Waals surface area contributed by atoms with Crippen molar-refractivity contribution in [2.45, 2.75) is 39.2 Å². The molecule has 2 atom stereocenters. The van der Waals surface area contributed by atoms with Crippen LogP contribution in [0.2, 0.25) is 0 Å². The van der Waals surface area contributed by atoms with Crippen molar-refractivity contribution in [2.24, 2.45) is 5.92 Å². The Morgan fingerprint density at radius 2 is 2.12 bits per heavy atom. The molecular weight excluding hydrogens is 220 g/mol. The Kier molecular flexibility index (Phi) is 3.77. The van der Waals surface area contributed by atoms with Gasteiger partial charge in [0.1, 0.15) is 11.6 Å². The van der Waals surface area contributed by atoms with Crippen LogP contribution in [0.3, 0.4) is 0 Å². The highest BCUT2D eigenvalue weighted by Crippen LogP contribution is 2.32. The van der Waals surface area contributed by atoms with Gasteiger partial charge in [0, 0.05) is 11.6 Å². The second kappa shape index (κ2) is 5.13. The number of hydrogen-bond acceptors (Lipinski definition) is 1. The molecule has 0 amide bonds. The minimum atomic E-state index is -0.428. The second-order valence-electron chi connectivity index (χ2n) is 4.90. The van der Waals surface area contributed by atoms with E-state index in [2.05, 4.69) is 12.2 Å². The third-order valence-electron chi connectivity index (χ3n) is 3.76. The molecule has 0 aliphatic carbocycles. The van der Waals surface area contributed by atoms with Gasteiger partial charge in [0.15, 0.2) is 0 Å². The van der Waals surface area contributed by atoms with Crippen molar-refractivity contribution in [3.8, 4) is 0 Å². The van der Waals surface area contributed by atoms with Gasteiger partial charge in [0.2, 0.25) is 0 Å². The lowest BCUT2D eigenvalue weighted by Gasteiger charge is -2.30. The number of nitrogens with one attached hydrogen (secondary N) is 1. The third kappa shape index (κ3) is 2.49. The zero-order valence-corrected chi connectivity index (χ0v) is 10.4. The summed E-state index contributed by atoms with van der Waals surface area (Å²) in [5, 5.41) is 3.23. The van der Waals surface area contributed by atoms with Crippen LogP contribution in [0.25, 0.3) is 0 Å². The zero-order valence-electron chi connectivity index (χ0n) is 10.4. The summed E-state index contributed by atoms with van der Waals surface area (Å²) in [5.41, 5.74) is 0.741. The summed E-state index contributed by atoms with van der Waals surface area (Å²) in [6.45, 7) is 4.66. The maximum Gasteiger partial charge on any atom is 0.133 e. The smallest absolute Gasteiger partial charge is 0.133 e. The van der Waals surface area contributed by atoms with E-state index in [1.165, 1.54) is 12.1 Å². The highest BCUT2D eigenvalue weighted by Gasteiger charge is 2.26. The Morgan fingerprint density at radius 1 is 1.35 bits per heavy atom. The van der Waals surface area contributed by atoms with Gasteiger partial charge in [-0.05, 0) is 43.9 Å². The summed E-state index contributed by atoms with van der Waals surface area (Å²) in [5.74, 6) is -0.248. The molecule has 1 heterocycles. The molecule has 1 N–H and O–H groups in total. The molecule has 2 unspecified atom stereocenters. The van der Waals surface area contributed by atoms with Crippen LogP contribution in [0, 0.1) is 24.5 Å². The van der Waals surface area contributed by atoms with Crippen LogP contribution in [0.15, 0.2) is 12.1 Å². The van der Waals surface area contributed by atoms with Crippen molar-refractivity contribution >= 4 is 0 Å². The van der Waals surface area contributed by atoms with E-state index in [-0.39, 0.29) is 17.4 Å². The van der Waals surface area contributed by atoms with Crippen molar-refractivity contribution in [1.82, 2.24) is 5.32 Å². The average molecular weight is 239 g/mol. The van der Waals surface area contributed by atoms with Crippen molar-refractivity contribution in [3.63, 3.8) is 0 Å². The zero-order chi connectivity index (χ0) is 12.4. The molecule has 17 heavy (non-hydrogen) atoms. The van der Waals surface area contributed by atoms with Gasteiger partial charge >= 0.3 is 0 Å². The molecule has 3 heteroatoms. The number of halogens is 2. The highest BCUT2D eigenvalue weighted by atomic mass is 19.1. The maximum atomic E-state index is 14.0. The van der Waals surface area contributed by atoms with Gasteiger partial charge in [-0.2, -0.15) is 0 Å². The van der Waals surface area contributed by atoms with Crippen LogP contribution < -0.4 is 5.32 Å². The van der Waals surface area contributed by atoms with Gasteiger partial charge in [-0.25, -0.2) is 8.78 Å². The lowest BCUT2D eigenvalue weighted by atomic mass is 9.86. The first-order valence-corrected chi connectivity index (χ1v) is 6.31. The van der Waals surface area contributed by atoms with Crippen LogP contribution in [-0.2, 0) is 0 Å². The largest absolute Gasteiger partial charge is 0.310 e. The van der Waals surface area contributed by atoms with Gasteiger partial charge < -0.3 is 5.32 Å². The Hall–Kier alpha value is -0.960. The molecule has 1 aliphatic heterocycles. The molecule has 1 aromatic rings. The van der Waals surface area contributed by atoms with E-state index < -0.39 is 5.82 Å². The van der Waals surface area contributed by atoms with E-state index in [0.717, 1.165) is 25.8 Å². The Morgan fingerprint density at radius 3 is 2.82 bits per heavy atom. The standard InChI is InChI=1S/C14H19F2N/c1-3-10-6-7-17-12(8-10)13-11(15)5-4-9(2)14(13)16/h4-5,10,12,17H,3,6-8H2,1-2H3. The fraction of sp³-hybridized carbons (Fsp3) is 0.571. The van der Waals surface area contributed by atoms with Gasteiger partial charge in [-0.1, -0.05) is 19.4 Å². The number of rotatable bonds is 2. The van der Waals surface area contributed by atoms with E-state index in [1.807, 2.05) is 0 Å². The minimum absolute atomic E-state index is 0.173. The van der Waals surface area contributed by atoms with Crippen molar-refractivity contribution in [1.29, 1.82) is 0 Å². The normalized spacial score (nSPS) is 24.9. The van der Waals surface area contributed by atoms with Crippen molar-refractivity contribution < 1.29 is 8.78 Å². The quantitative estimate of drug-likeness (QED) is 0.829. The van der Waals surface area contributed by atoms with Gasteiger partial charge in [-0.3, -0.25) is 0 Å². The topological polar surface area (TPSA) is 12.0 Å². The van der Waals surface area contributed by atoms with Crippen LogP contribution in [0.1, 0.15) is 43.4 Å². The molecule has 1 aliphatic rings. The van der Waals surface area contributed by atoms with Crippen LogP contribution in [0.4, 0.5) is 8.78 Å². The number of hydrogen-bond donors (Lipinski definition) is 1. The first-order valence-electron chi connectivity index (χ1n) is 6.31. The molecule has 0 spiro atoms. The van der Waals surface area contributed by atoms with Crippen LogP contribution in [-0.4, -0.2) is 6.54 Å². The predicted octanol–water partition coefficient (Wildman–Crippen LogP) is 3.72. The predicted molar refractivity (Wildman–Crippen MR) is 64.9 cm³/mol. The van der Waals surface area contributed by atoms with Crippen molar-refractivity contribution in [2.75, 3.05) is 6.54 Å². The van der Waals surface area contributed by atoms with Crippen molar-refractivity contribution in [3.05, 3.63) is 34.9 Å². The van der Waals surface area contributed by atoms with E-state index in [1.54, 1.807) is 6.92 Å². The monoisotopic (exact) mass is 239 g/mol. The SMILES string of the molecule is CCC1CCNC(c2c(F)ccc(C)c2F)C1. The second-order valence-corrected chi connectivity index (χ2v) is 4.90. The average Bonchev–Trinajstić information content (AvgIpc) is 2.35. The summed E-state index contributed by atoms with van der Waals surface area (Å²) in [6, 6.07) is 2.69. The fourth-order valence-corrected chi connectivity index (χ4v) is 2.58. The molecule has 1 nitrogen and oxygen atoms in total. The number of piperidine rings is 1. The molecule has 0 saturated carbocycles. The molecule has 1 fully saturated rings. The summed E-state index contributed by atoms with van der Waals surface area (Å²) in [4.78, 5) is 0. The van der Waals surface area contributed by atoms with Crippen LogP contribution >= 0.6 is 0 Å².